The molecule has 0 fully saturated rings. The first-order valence-electron chi connectivity index (χ1n) is 7.09. The zero-order chi connectivity index (χ0) is 27.7. The molecule has 4 nitrogen and oxygen atoms in total. The molecular weight excluding hydrogens is 551 g/mol. The van der Waals surface area contributed by atoms with E-state index in [4.69, 9.17) is 4.55 Å². The predicted molar refractivity (Wildman–Crippen MR) is 67.4 cm³/mol. The molecule has 1 N–H and O–H groups in total. The van der Waals surface area contributed by atoms with E-state index in [1.165, 1.54) is 0 Å². The van der Waals surface area contributed by atoms with Crippen LogP contribution in [-0.4, -0.2) is 65.7 Å². The summed E-state index contributed by atoms with van der Waals surface area (Å²) in [6.45, 7) is -2.53. The van der Waals surface area contributed by atoms with Crippen LogP contribution in [0.25, 0.3) is 0 Å². The summed E-state index contributed by atoms with van der Waals surface area (Å²) in [6, 6.07) is 0. The maximum Gasteiger partial charge on any atom is 0.438 e. The topological polar surface area (TPSA) is 63.6 Å². The lowest BCUT2D eigenvalue weighted by Crippen LogP contribution is -2.71. The summed E-state index contributed by atoms with van der Waals surface area (Å²) in [5, 5.41) is -7.71. The summed E-state index contributed by atoms with van der Waals surface area (Å²) >= 11 is 0. The number of rotatable bonds is 10. The van der Waals surface area contributed by atoms with Crippen LogP contribution in [0.1, 0.15) is 13.8 Å². The van der Waals surface area contributed by atoms with Crippen LogP contribution in [0.2, 0.25) is 0 Å². The van der Waals surface area contributed by atoms with Crippen molar-refractivity contribution in [3.05, 3.63) is 0 Å². The van der Waals surface area contributed by atoms with Crippen molar-refractivity contribution in [3.8, 4) is 0 Å². The first-order chi connectivity index (χ1) is 13.7. The van der Waals surface area contributed by atoms with Crippen molar-refractivity contribution in [2.75, 3.05) is 0 Å². The van der Waals surface area contributed by atoms with Gasteiger partial charge in [-0.3, -0.25) is 9.29 Å². The molecule has 0 saturated carbocycles. The van der Waals surface area contributed by atoms with Gasteiger partial charge in [0.25, 0.3) is 5.85 Å². The molecule has 0 radical (unpaired) electrons. The summed E-state index contributed by atoms with van der Waals surface area (Å²) in [7, 11) is -7.80. The van der Waals surface area contributed by atoms with E-state index in [0.29, 0.717) is 0 Å². The van der Waals surface area contributed by atoms with Gasteiger partial charge in [0.15, 0.2) is 0 Å². The highest BCUT2D eigenvalue weighted by Gasteiger charge is 2.91. The summed E-state index contributed by atoms with van der Waals surface area (Å²) in [5.74, 6) is -52.1. The van der Waals surface area contributed by atoms with E-state index >= 15 is 0 Å². The minimum absolute atomic E-state index is 1.09. The van der Waals surface area contributed by atoms with Gasteiger partial charge in [0, 0.05) is 13.8 Å². The fraction of sp³-hybridized carbons (Fsp3) is 1.00. The van der Waals surface area contributed by atoms with E-state index in [2.05, 4.69) is 0 Å². The van der Waals surface area contributed by atoms with Gasteiger partial charge in [0.2, 0.25) is 0 Å². The molecule has 0 heterocycles. The summed E-state index contributed by atoms with van der Waals surface area (Å²) in [6.07, 6.45) is -7.94. The molecule has 22 heteroatoms. The number of alkyl halides is 17. The molecular formula is C11H7F17O4S. The average molecular weight is 558 g/mol. The summed E-state index contributed by atoms with van der Waals surface area (Å²) < 4.78 is 254. The van der Waals surface area contributed by atoms with Crippen molar-refractivity contribution >= 4 is 10.1 Å². The first kappa shape index (κ1) is 31.7. The Kier molecular flexibility index (Phi) is 7.28. The van der Waals surface area contributed by atoms with Gasteiger partial charge in [-0.05, 0) is 0 Å². The molecule has 0 rings (SSSR count). The zero-order valence-corrected chi connectivity index (χ0v) is 15.8. The third-order valence-electron chi connectivity index (χ3n) is 3.67. The van der Waals surface area contributed by atoms with Crippen LogP contribution in [0.5, 0.6) is 0 Å². The third-order valence-corrected chi connectivity index (χ3v) is 4.57. The molecule has 0 aliphatic heterocycles. The second-order valence-corrected chi connectivity index (χ2v) is 7.75. The predicted octanol–water partition coefficient (Wildman–Crippen LogP) is 5.59. The van der Waals surface area contributed by atoms with Crippen LogP contribution in [0.4, 0.5) is 74.6 Å². The standard InChI is InChI=1S/C11H7F17O4S/c1-3(12,13)5(15,16)6(17,18)4(2,14)32-10(25,26)8(21,22)7(19,20)9(23,24)11(27,28)33(29,30)31/h1-2H3,(H,29,30,31). The van der Waals surface area contributed by atoms with Gasteiger partial charge in [0.1, 0.15) is 0 Å². The minimum Gasteiger partial charge on any atom is -0.281 e. The van der Waals surface area contributed by atoms with Gasteiger partial charge in [0.05, 0.1) is 0 Å². The fourth-order valence-electron chi connectivity index (χ4n) is 1.65. The Morgan fingerprint density at radius 2 is 0.879 bits per heavy atom. The molecule has 0 spiro atoms. The monoisotopic (exact) mass is 558 g/mol. The fourth-order valence-corrected chi connectivity index (χ4v) is 2.10. The zero-order valence-electron chi connectivity index (χ0n) is 15.0. The van der Waals surface area contributed by atoms with Gasteiger partial charge >= 0.3 is 57.0 Å². The van der Waals surface area contributed by atoms with E-state index < -0.39 is 76.7 Å². The highest BCUT2D eigenvalue weighted by atomic mass is 32.2. The van der Waals surface area contributed by atoms with Crippen LogP contribution in [0.15, 0.2) is 0 Å². The number of hydrogen-bond acceptors (Lipinski definition) is 3. The molecule has 0 aromatic heterocycles. The minimum atomic E-state index is -8.45. The molecule has 0 amide bonds. The van der Waals surface area contributed by atoms with Gasteiger partial charge in [-0.15, -0.1) is 0 Å². The van der Waals surface area contributed by atoms with Crippen LogP contribution in [-0.2, 0) is 14.9 Å². The van der Waals surface area contributed by atoms with E-state index in [9.17, 15) is 83.1 Å². The van der Waals surface area contributed by atoms with Gasteiger partial charge in [-0.25, -0.2) is 4.39 Å². The quantitative estimate of drug-likeness (QED) is 0.281. The molecule has 33 heavy (non-hydrogen) atoms. The van der Waals surface area contributed by atoms with Crippen molar-refractivity contribution in [1.29, 1.82) is 0 Å². The Labute approximate surface area is 170 Å². The van der Waals surface area contributed by atoms with E-state index in [0.717, 1.165) is 0 Å². The lowest BCUT2D eigenvalue weighted by atomic mass is 9.99. The number of halogens is 17. The Morgan fingerprint density at radius 1 is 0.545 bits per heavy atom. The van der Waals surface area contributed by atoms with Crippen molar-refractivity contribution in [1.82, 2.24) is 0 Å². The Bertz CT molecular complexity index is 842. The smallest absolute Gasteiger partial charge is 0.281 e. The van der Waals surface area contributed by atoms with E-state index in [1.54, 1.807) is 4.74 Å². The lowest BCUT2D eigenvalue weighted by molar-refractivity contribution is -0.490. The molecule has 1 atom stereocenters. The van der Waals surface area contributed by atoms with Crippen LogP contribution >= 0.6 is 0 Å². The number of hydrogen-bond donors (Lipinski definition) is 1. The maximum atomic E-state index is 13.7. The van der Waals surface area contributed by atoms with E-state index in [1.807, 2.05) is 0 Å². The molecule has 0 bridgehead atoms. The van der Waals surface area contributed by atoms with E-state index in [-0.39, 0.29) is 0 Å². The molecule has 0 saturated heterocycles. The van der Waals surface area contributed by atoms with Crippen molar-refractivity contribution in [2.45, 2.75) is 66.6 Å². The second-order valence-electron chi connectivity index (χ2n) is 6.29. The highest BCUT2D eigenvalue weighted by Crippen LogP contribution is 2.60. The summed E-state index contributed by atoms with van der Waals surface area (Å²) in [5.41, 5.74) is 0. The normalized spacial score (nSPS) is 18.3. The molecule has 0 aliphatic carbocycles. The van der Waals surface area contributed by atoms with Crippen molar-refractivity contribution in [3.63, 3.8) is 0 Å². The second kappa shape index (κ2) is 7.59. The number of ether oxygens (including phenoxy) is 1. The molecule has 0 aliphatic rings. The molecule has 200 valence electrons. The van der Waals surface area contributed by atoms with Gasteiger partial charge < -0.3 is 0 Å². The van der Waals surface area contributed by atoms with Gasteiger partial charge in [-0.1, -0.05) is 0 Å². The summed E-state index contributed by atoms with van der Waals surface area (Å²) in [4.78, 5) is 0. The molecule has 0 aromatic rings. The lowest BCUT2D eigenvalue weighted by Gasteiger charge is -2.42. The Balaban J connectivity index is 6.67. The Hall–Kier alpha value is -1.32. The maximum absolute atomic E-state index is 13.7. The Morgan fingerprint density at radius 3 is 1.15 bits per heavy atom. The third kappa shape index (κ3) is 4.29. The van der Waals surface area contributed by atoms with Gasteiger partial charge in [-0.2, -0.15) is 78.7 Å². The SMILES string of the molecule is CC(F)(F)C(F)(F)C(F)(F)C(C)(F)OC(F)(F)C(F)(F)C(F)(F)C(F)(F)C(F)(F)S(=O)(=O)O. The largest absolute Gasteiger partial charge is 0.438 e. The molecule has 1 unspecified atom stereocenters. The van der Waals surface area contributed by atoms with Crippen LogP contribution in [0.3, 0.4) is 0 Å². The van der Waals surface area contributed by atoms with Crippen LogP contribution < -0.4 is 0 Å². The van der Waals surface area contributed by atoms with Crippen molar-refractivity contribution < 1.29 is 92.3 Å². The van der Waals surface area contributed by atoms with Crippen molar-refractivity contribution in [2.24, 2.45) is 0 Å². The highest BCUT2D eigenvalue weighted by molar-refractivity contribution is 7.87. The average Bonchev–Trinajstić information content (AvgIpc) is 2.50. The van der Waals surface area contributed by atoms with Crippen LogP contribution in [0, 0.1) is 0 Å². The first-order valence-corrected chi connectivity index (χ1v) is 8.53. The molecule has 0 aromatic carbocycles.